The molecule has 0 atom stereocenters. The van der Waals surface area contributed by atoms with Gasteiger partial charge in [-0.05, 0) is 31.2 Å². The molecule has 1 aliphatic rings. The third-order valence-electron chi connectivity index (χ3n) is 2.95. The predicted molar refractivity (Wildman–Crippen MR) is 70.3 cm³/mol. The molecule has 0 saturated heterocycles. The fourth-order valence-corrected chi connectivity index (χ4v) is 1.95. The zero-order valence-corrected chi connectivity index (χ0v) is 10.4. The molecule has 1 N–H and O–H groups in total. The lowest BCUT2D eigenvalue weighted by Gasteiger charge is -2.12. The van der Waals surface area contributed by atoms with Crippen LogP contribution in [0.3, 0.4) is 0 Å². The van der Waals surface area contributed by atoms with Gasteiger partial charge in [-0.15, -0.1) is 0 Å². The first-order valence-corrected chi connectivity index (χ1v) is 6.37. The highest BCUT2D eigenvalue weighted by atomic mass is 16.5. The summed E-state index contributed by atoms with van der Waals surface area (Å²) in [5, 5.41) is 4.09. The van der Waals surface area contributed by atoms with Crippen LogP contribution in [0.5, 0.6) is 0 Å². The van der Waals surface area contributed by atoms with Gasteiger partial charge in [0.2, 0.25) is 0 Å². The SMILES string of the molecule is O=C(NN=C1CCCCC1)OCc1ccccc1. The molecule has 2 rings (SSSR count). The van der Waals surface area contributed by atoms with Crippen LogP contribution in [0.25, 0.3) is 0 Å². The molecule has 1 saturated carbocycles. The second-order valence-corrected chi connectivity index (χ2v) is 4.41. The van der Waals surface area contributed by atoms with Gasteiger partial charge in [-0.1, -0.05) is 36.8 Å². The van der Waals surface area contributed by atoms with Gasteiger partial charge in [0.15, 0.2) is 0 Å². The van der Waals surface area contributed by atoms with Crippen LogP contribution in [0.4, 0.5) is 4.79 Å². The Kier molecular flexibility index (Phi) is 4.76. The fraction of sp³-hybridized carbons (Fsp3) is 0.429. The summed E-state index contributed by atoms with van der Waals surface area (Å²) >= 11 is 0. The summed E-state index contributed by atoms with van der Waals surface area (Å²) in [5.74, 6) is 0. The van der Waals surface area contributed by atoms with Crippen molar-refractivity contribution >= 4 is 11.8 Å². The van der Waals surface area contributed by atoms with Gasteiger partial charge in [0.25, 0.3) is 0 Å². The Bertz CT molecular complexity index is 407. The maximum Gasteiger partial charge on any atom is 0.428 e. The molecule has 0 bridgehead atoms. The van der Waals surface area contributed by atoms with E-state index < -0.39 is 6.09 Å². The third kappa shape index (κ3) is 4.20. The Morgan fingerprint density at radius 1 is 1.17 bits per heavy atom. The summed E-state index contributed by atoms with van der Waals surface area (Å²) in [4.78, 5) is 11.4. The van der Waals surface area contributed by atoms with Gasteiger partial charge >= 0.3 is 6.09 Å². The Labute approximate surface area is 107 Å². The molecule has 0 heterocycles. The molecule has 4 nitrogen and oxygen atoms in total. The number of benzene rings is 1. The lowest BCUT2D eigenvalue weighted by molar-refractivity contribution is 0.140. The minimum absolute atomic E-state index is 0.275. The van der Waals surface area contributed by atoms with Crippen molar-refractivity contribution in [3.63, 3.8) is 0 Å². The van der Waals surface area contributed by atoms with E-state index in [1.54, 1.807) is 0 Å². The predicted octanol–water partition coefficient (Wildman–Crippen LogP) is 3.23. The van der Waals surface area contributed by atoms with Crippen LogP contribution in [0.15, 0.2) is 35.4 Å². The van der Waals surface area contributed by atoms with Gasteiger partial charge in [-0.25, -0.2) is 10.2 Å². The highest BCUT2D eigenvalue weighted by Gasteiger charge is 2.07. The average Bonchev–Trinajstić information content (AvgIpc) is 2.45. The maximum atomic E-state index is 11.4. The van der Waals surface area contributed by atoms with Crippen LogP contribution in [0.2, 0.25) is 0 Å². The minimum Gasteiger partial charge on any atom is -0.443 e. The Morgan fingerprint density at radius 3 is 2.61 bits per heavy atom. The smallest absolute Gasteiger partial charge is 0.428 e. The van der Waals surface area contributed by atoms with E-state index in [0.29, 0.717) is 0 Å². The van der Waals surface area contributed by atoms with Gasteiger partial charge in [-0.2, -0.15) is 5.10 Å². The topological polar surface area (TPSA) is 50.7 Å². The highest BCUT2D eigenvalue weighted by Crippen LogP contribution is 2.14. The standard InChI is InChI=1S/C14H18N2O2/c17-14(16-15-13-9-5-2-6-10-13)18-11-12-7-3-1-4-8-12/h1,3-4,7-8H,2,5-6,9-11H2,(H,16,17). The summed E-state index contributed by atoms with van der Waals surface area (Å²) < 4.78 is 5.06. The number of nitrogens with one attached hydrogen (secondary N) is 1. The Morgan fingerprint density at radius 2 is 1.89 bits per heavy atom. The molecule has 1 amide bonds. The number of carbonyl (C=O) groups excluding carboxylic acids is 1. The molecule has 0 aromatic heterocycles. The molecule has 1 aromatic carbocycles. The van der Waals surface area contributed by atoms with E-state index >= 15 is 0 Å². The molecular formula is C14H18N2O2. The molecule has 1 fully saturated rings. The quantitative estimate of drug-likeness (QED) is 0.832. The third-order valence-corrected chi connectivity index (χ3v) is 2.95. The zero-order valence-electron chi connectivity index (χ0n) is 10.4. The molecule has 4 heteroatoms. The van der Waals surface area contributed by atoms with E-state index in [-0.39, 0.29) is 6.61 Å². The molecule has 0 spiro atoms. The molecule has 18 heavy (non-hydrogen) atoms. The van der Waals surface area contributed by atoms with Gasteiger partial charge in [0, 0.05) is 5.71 Å². The van der Waals surface area contributed by atoms with Crippen LogP contribution in [-0.4, -0.2) is 11.8 Å². The van der Waals surface area contributed by atoms with E-state index in [2.05, 4.69) is 10.5 Å². The van der Waals surface area contributed by atoms with Crippen LogP contribution in [0.1, 0.15) is 37.7 Å². The monoisotopic (exact) mass is 246 g/mol. The first kappa shape index (κ1) is 12.6. The normalized spacial score (nSPS) is 15.0. The van der Waals surface area contributed by atoms with E-state index in [9.17, 15) is 4.79 Å². The van der Waals surface area contributed by atoms with Gasteiger partial charge in [0.1, 0.15) is 6.61 Å². The van der Waals surface area contributed by atoms with E-state index in [4.69, 9.17) is 4.74 Å². The molecular weight excluding hydrogens is 228 g/mol. The van der Waals surface area contributed by atoms with Crippen molar-refractivity contribution in [3.05, 3.63) is 35.9 Å². The number of nitrogens with zero attached hydrogens (tertiary/aromatic N) is 1. The first-order chi connectivity index (χ1) is 8.84. The van der Waals surface area contributed by atoms with E-state index in [1.165, 1.54) is 19.3 Å². The number of hydrogen-bond donors (Lipinski definition) is 1. The molecule has 0 aliphatic heterocycles. The largest absolute Gasteiger partial charge is 0.443 e. The van der Waals surface area contributed by atoms with Crippen LogP contribution < -0.4 is 5.43 Å². The summed E-state index contributed by atoms with van der Waals surface area (Å²) in [6.07, 6.45) is 5.08. The van der Waals surface area contributed by atoms with E-state index in [0.717, 1.165) is 24.1 Å². The van der Waals surface area contributed by atoms with Gasteiger partial charge in [-0.3, -0.25) is 0 Å². The average molecular weight is 246 g/mol. The van der Waals surface area contributed by atoms with Crippen LogP contribution in [0, 0.1) is 0 Å². The Balaban J connectivity index is 1.72. The minimum atomic E-state index is -0.489. The lowest BCUT2D eigenvalue weighted by Crippen LogP contribution is -2.21. The van der Waals surface area contributed by atoms with Gasteiger partial charge < -0.3 is 4.74 Å². The van der Waals surface area contributed by atoms with Crippen molar-refractivity contribution in [1.29, 1.82) is 0 Å². The zero-order chi connectivity index (χ0) is 12.6. The van der Waals surface area contributed by atoms with Crippen molar-refractivity contribution in [2.45, 2.75) is 38.7 Å². The highest BCUT2D eigenvalue weighted by molar-refractivity contribution is 5.85. The van der Waals surface area contributed by atoms with Crippen molar-refractivity contribution in [1.82, 2.24) is 5.43 Å². The van der Waals surface area contributed by atoms with Crippen molar-refractivity contribution < 1.29 is 9.53 Å². The number of hydrogen-bond acceptors (Lipinski definition) is 3. The molecule has 1 aromatic rings. The second kappa shape index (κ2) is 6.79. The number of carbonyl (C=O) groups is 1. The van der Waals surface area contributed by atoms with Gasteiger partial charge in [0.05, 0.1) is 0 Å². The summed E-state index contributed by atoms with van der Waals surface area (Å²) in [6.45, 7) is 0.275. The number of ether oxygens (including phenoxy) is 1. The Hall–Kier alpha value is -1.84. The molecule has 1 aliphatic carbocycles. The summed E-state index contributed by atoms with van der Waals surface area (Å²) in [7, 11) is 0. The maximum absolute atomic E-state index is 11.4. The number of rotatable bonds is 3. The summed E-state index contributed by atoms with van der Waals surface area (Å²) in [6, 6.07) is 9.59. The van der Waals surface area contributed by atoms with Crippen LogP contribution >= 0.6 is 0 Å². The molecule has 96 valence electrons. The lowest BCUT2D eigenvalue weighted by atomic mass is 9.99. The van der Waals surface area contributed by atoms with Crippen molar-refractivity contribution in [3.8, 4) is 0 Å². The van der Waals surface area contributed by atoms with Crippen molar-refractivity contribution in [2.24, 2.45) is 5.10 Å². The summed E-state index contributed by atoms with van der Waals surface area (Å²) in [5.41, 5.74) is 4.49. The van der Waals surface area contributed by atoms with Crippen molar-refractivity contribution in [2.75, 3.05) is 0 Å². The van der Waals surface area contributed by atoms with E-state index in [1.807, 2.05) is 30.3 Å². The number of amides is 1. The van der Waals surface area contributed by atoms with Crippen LogP contribution in [-0.2, 0) is 11.3 Å². The second-order valence-electron chi connectivity index (χ2n) is 4.41. The number of hydrazone groups is 1. The first-order valence-electron chi connectivity index (χ1n) is 6.37. The molecule has 0 unspecified atom stereocenters. The fourth-order valence-electron chi connectivity index (χ4n) is 1.95. The molecule has 0 radical (unpaired) electrons.